The van der Waals surface area contributed by atoms with Crippen molar-refractivity contribution in [1.29, 1.82) is 5.26 Å². The Bertz CT molecular complexity index is 823. The minimum atomic E-state index is -0.448. The molecule has 0 spiro atoms. The predicted octanol–water partition coefficient (Wildman–Crippen LogP) is 0.866. The summed E-state index contributed by atoms with van der Waals surface area (Å²) in [5, 5.41) is 9.38. The van der Waals surface area contributed by atoms with Gasteiger partial charge >= 0.3 is 5.69 Å². The van der Waals surface area contributed by atoms with Crippen LogP contribution in [0.5, 0.6) is 0 Å². The first kappa shape index (κ1) is 13.6. The Morgan fingerprint density at radius 1 is 1.29 bits per heavy atom. The van der Waals surface area contributed by atoms with Crippen molar-refractivity contribution in [2.75, 3.05) is 6.61 Å². The minimum Gasteiger partial charge on any atom is -0.376 e. The molecule has 3 rings (SSSR count). The molecule has 1 atom stereocenters. The topological polar surface area (TPSA) is 77.0 Å². The summed E-state index contributed by atoms with van der Waals surface area (Å²) >= 11 is 0. The standard InChI is InChI=1S/C15H15N3O3/c16-7-8-17-13-6-2-1-5-12(13)14(19)18(15(17)20)10-11-4-3-9-21-11/h1-2,5-6,11H,3-4,8-10H2. The van der Waals surface area contributed by atoms with E-state index in [4.69, 9.17) is 10.00 Å². The Balaban J connectivity index is 2.21. The van der Waals surface area contributed by atoms with Gasteiger partial charge in [-0.05, 0) is 25.0 Å². The summed E-state index contributed by atoms with van der Waals surface area (Å²) in [5.41, 5.74) is -0.270. The number of rotatable bonds is 3. The quantitative estimate of drug-likeness (QED) is 0.838. The summed E-state index contributed by atoms with van der Waals surface area (Å²) in [6.07, 6.45) is 1.68. The van der Waals surface area contributed by atoms with Crippen molar-refractivity contribution >= 4 is 10.9 Å². The Morgan fingerprint density at radius 2 is 2.10 bits per heavy atom. The second kappa shape index (κ2) is 5.54. The number of nitrogens with zero attached hydrogens (tertiary/aromatic N) is 3. The Morgan fingerprint density at radius 3 is 2.81 bits per heavy atom. The number of ether oxygens (including phenoxy) is 1. The third-order valence-electron chi connectivity index (χ3n) is 3.77. The normalized spacial score (nSPS) is 18.0. The van der Waals surface area contributed by atoms with E-state index in [1.54, 1.807) is 24.3 Å². The van der Waals surface area contributed by atoms with E-state index in [0.29, 0.717) is 17.5 Å². The maximum Gasteiger partial charge on any atom is 0.332 e. The highest BCUT2D eigenvalue weighted by Crippen LogP contribution is 2.13. The van der Waals surface area contributed by atoms with Gasteiger partial charge < -0.3 is 4.74 Å². The van der Waals surface area contributed by atoms with E-state index in [9.17, 15) is 9.59 Å². The van der Waals surface area contributed by atoms with Crippen LogP contribution >= 0.6 is 0 Å². The summed E-state index contributed by atoms with van der Waals surface area (Å²) in [6.45, 7) is 0.832. The number of para-hydroxylation sites is 1. The number of benzene rings is 1. The molecule has 1 aromatic heterocycles. The van der Waals surface area contributed by atoms with Crippen molar-refractivity contribution in [3.05, 3.63) is 45.1 Å². The number of hydrogen-bond donors (Lipinski definition) is 0. The van der Waals surface area contributed by atoms with Crippen LogP contribution in [0.4, 0.5) is 0 Å². The van der Waals surface area contributed by atoms with Gasteiger partial charge in [0.15, 0.2) is 0 Å². The molecule has 1 saturated heterocycles. The lowest BCUT2D eigenvalue weighted by molar-refractivity contribution is 0.0949. The van der Waals surface area contributed by atoms with Crippen molar-refractivity contribution in [3.8, 4) is 6.07 Å². The van der Waals surface area contributed by atoms with Crippen LogP contribution in [0.2, 0.25) is 0 Å². The molecule has 2 heterocycles. The lowest BCUT2D eigenvalue weighted by atomic mass is 10.2. The molecule has 6 heteroatoms. The Kier molecular flexibility index (Phi) is 3.59. The van der Waals surface area contributed by atoms with Gasteiger partial charge in [0.05, 0.1) is 29.6 Å². The van der Waals surface area contributed by atoms with Gasteiger partial charge in [0.2, 0.25) is 0 Å². The largest absolute Gasteiger partial charge is 0.376 e. The molecule has 1 aromatic carbocycles. The molecule has 1 aliphatic heterocycles. The molecule has 0 amide bonds. The molecule has 6 nitrogen and oxygen atoms in total. The summed E-state index contributed by atoms with van der Waals surface area (Å²) in [5.74, 6) is 0. The van der Waals surface area contributed by atoms with Crippen molar-refractivity contribution < 1.29 is 4.74 Å². The van der Waals surface area contributed by atoms with E-state index in [-0.39, 0.29) is 24.8 Å². The summed E-state index contributed by atoms with van der Waals surface area (Å²) in [7, 11) is 0. The second-order valence-electron chi connectivity index (χ2n) is 5.09. The number of fused-ring (bicyclic) bond motifs is 1. The third kappa shape index (κ3) is 2.36. The van der Waals surface area contributed by atoms with Gasteiger partial charge in [-0.25, -0.2) is 4.79 Å². The molecule has 1 aliphatic rings. The predicted molar refractivity (Wildman–Crippen MR) is 77.1 cm³/mol. The molecule has 108 valence electrons. The molecule has 0 saturated carbocycles. The summed E-state index contributed by atoms with van der Waals surface area (Å²) in [4.78, 5) is 25.0. The van der Waals surface area contributed by atoms with Crippen LogP contribution in [-0.4, -0.2) is 21.8 Å². The smallest absolute Gasteiger partial charge is 0.332 e. The fourth-order valence-corrected chi connectivity index (χ4v) is 2.75. The van der Waals surface area contributed by atoms with Crippen molar-refractivity contribution in [1.82, 2.24) is 9.13 Å². The van der Waals surface area contributed by atoms with Crippen molar-refractivity contribution in [2.45, 2.75) is 32.0 Å². The molecule has 0 N–H and O–H groups in total. The van der Waals surface area contributed by atoms with Crippen LogP contribution < -0.4 is 11.2 Å². The Hall–Kier alpha value is -2.39. The second-order valence-corrected chi connectivity index (χ2v) is 5.09. The lowest BCUT2D eigenvalue weighted by Crippen LogP contribution is -2.42. The first-order chi connectivity index (χ1) is 10.2. The molecule has 21 heavy (non-hydrogen) atoms. The van der Waals surface area contributed by atoms with Gasteiger partial charge in [0, 0.05) is 6.61 Å². The van der Waals surface area contributed by atoms with E-state index < -0.39 is 5.69 Å². The van der Waals surface area contributed by atoms with E-state index in [0.717, 1.165) is 12.8 Å². The van der Waals surface area contributed by atoms with Gasteiger partial charge in [-0.15, -0.1) is 0 Å². The first-order valence-corrected chi connectivity index (χ1v) is 6.93. The van der Waals surface area contributed by atoms with E-state index >= 15 is 0 Å². The Labute approximate surface area is 120 Å². The summed E-state index contributed by atoms with van der Waals surface area (Å²) in [6, 6.07) is 8.84. The highest BCUT2D eigenvalue weighted by Gasteiger charge is 2.20. The van der Waals surface area contributed by atoms with Crippen LogP contribution in [0.3, 0.4) is 0 Å². The van der Waals surface area contributed by atoms with Crippen LogP contribution in [0.15, 0.2) is 33.9 Å². The van der Waals surface area contributed by atoms with Gasteiger partial charge in [-0.2, -0.15) is 5.26 Å². The molecule has 2 aromatic rings. The van der Waals surface area contributed by atoms with Crippen LogP contribution in [0, 0.1) is 11.3 Å². The SMILES string of the molecule is N#CCn1c(=O)n(CC2CCCO2)c(=O)c2ccccc21. The molecular weight excluding hydrogens is 270 g/mol. The third-order valence-corrected chi connectivity index (χ3v) is 3.77. The number of nitriles is 1. The van der Waals surface area contributed by atoms with Crippen molar-refractivity contribution in [3.63, 3.8) is 0 Å². The van der Waals surface area contributed by atoms with Gasteiger partial charge in [-0.3, -0.25) is 13.9 Å². The molecule has 0 bridgehead atoms. The highest BCUT2D eigenvalue weighted by molar-refractivity contribution is 5.77. The molecule has 0 aliphatic carbocycles. The molecule has 1 fully saturated rings. The fourth-order valence-electron chi connectivity index (χ4n) is 2.75. The van der Waals surface area contributed by atoms with Gasteiger partial charge in [0.25, 0.3) is 5.56 Å². The van der Waals surface area contributed by atoms with E-state index in [2.05, 4.69) is 0 Å². The molecule has 0 radical (unpaired) electrons. The van der Waals surface area contributed by atoms with Crippen molar-refractivity contribution in [2.24, 2.45) is 0 Å². The zero-order valence-corrected chi connectivity index (χ0v) is 11.5. The maximum absolute atomic E-state index is 12.5. The first-order valence-electron chi connectivity index (χ1n) is 6.93. The molecule has 1 unspecified atom stereocenters. The fraction of sp³-hybridized carbons (Fsp3) is 0.400. The van der Waals surface area contributed by atoms with Gasteiger partial charge in [0.1, 0.15) is 6.54 Å². The van der Waals surface area contributed by atoms with E-state index in [1.807, 2.05) is 6.07 Å². The van der Waals surface area contributed by atoms with Gasteiger partial charge in [-0.1, -0.05) is 12.1 Å². The monoisotopic (exact) mass is 285 g/mol. The zero-order chi connectivity index (χ0) is 14.8. The lowest BCUT2D eigenvalue weighted by Gasteiger charge is -2.14. The number of aromatic nitrogens is 2. The van der Waals surface area contributed by atoms with E-state index in [1.165, 1.54) is 9.13 Å². The molecular formula is C15H15N3O3. The van der Waals surface area contributed by atoms with Crippen LogP contribution in [0.1, 0.15) is 12.8 Å². The average molecular weight is 285 g/mol. The highest BCUT2D eigenvalue weighted by atomic mass is 16.5. The maximum atomic E-state index is 12.5. The van der Waals surface area contributed by atoms with Crippen LogP contribution in [-0.2, 0) is 17.8 Å². The minimum absolute atomic E-state index is 0.0782. The van der Waals surface area contributed by atoms with Crippen LogP contribution in [0.25, 0.3) is 10.9 Å². The summed E-state index contributed by atoms with van der Waals surface area (Å²) < 4.78 is 8.04. The number of hydrogen-bond acceptors (Lipinski definition) is 4. The average Bonchev–Trinajstić information content (AvgIpc) is 3.01. The zero-order valence-electron chi connectivity index (χ0n) is 11.5.